The lowest BCUT2D eigenvalue weighted by Gasteiger charge is -2.37. The Morgan fingerprint density at radius 2 is 1.68 bits per heavy atom. The van der Waals surface area contributed by atoms with Gasteiger partial charge in [0.25, 0.3) is 0 Å². The molecule has 1 heterocycles. The Labute approximate surface area is 164 Å². The van der Waals surface area contributed by atoms with Crippen LogP contribution in [-0.2, 0) is 6.42 Å². The van der Waals surface area contributed by atoms with Crippen molar-refractivity contribution in [3.63, 3.8) is 0 Å². The van der Waals surface area contributed by atoms with Crippen molar-refractivity contribution >= 4 is 46.2 Å². The van der Waals surface area contributed by atoms with Crippen molar-refractivity contribution in [1.82, 2.24) is 10.2 Å². The van der Waals surface area contributed by atoms with Gasteiger partial charge >= 0.3 is 0 Å². The van der Waals surface area contributed by atoms with Gasteiger partial charge in [-0.25, -0.2) is 0 Å². The number of rotatable bonds is 4. The molecule has 0 amide bonds. The summed E-state index contributed by atoms with van der Waals surface area (Å²) in [7, 11) is 0. The number of benzene rings is 2. The fourth-order valence-corrected chi connectivity index (χ4v) is 3.50. The summed E-state index contributed by atoms with van der Waals surface area (Å²) in [5, 5.41) is 5.40. The first-order chi connectivity index (χ1) is 12.1. The maximum absolute atomic E-state index is 6.12. The summed E-state index contributed by atoms with van der Waals surface area (Å²) < 4.78 is 0. The number of nitrogens with zero attached hydrogens (tertiary/aromatic N) is 2. The van der Waals surface area contributed by atoms with E-state index >= 15 is 0 Å². The Hall–Kier alpha value is -1.49. The van der Waals surface area contributed by atoms with E-state index in [1.165, 1.54) is 5.56 Å². The quantitative estimate of drug-likeness (QED) is 0.782. The van der Waals surface area contributed by atoms with Crippen molar-refractivity contribution in [2.45, 2.75) is 6.42 Å². The van der Waals surface area contributed by atoms with E-state index in [4.69, 9.17) is 35.4 Å². The van der Waals surface area contributed by atoms with Gasteiger partial charge in [0.15, 0.2) is 5.11 Å². The zero-order valence-corrected chi connectivity index (χ0v) is 16.2. The van der Waals surface area contributed by atoms with E-state index in [0.717, 1.165) is 49.9 Å². The standard InChI is InChI=1S/C19H21Cl2N3S/c20-17-7-6-16(14-18(17)21)23-10-12-24(13-11-23)19(25)22-9-8-15-4-2-1-3-5-15/h1-7,14H,8-13H2,(H,22,25). The Kier molecular flexibility index (Phi) is 6.40. The third kappa shape index (κ3) is 5.00. The molecule has 0 bridgehead atoms. The minimum Gasteiger partial charge on any atom is -0.368 e. The molecule has 1 aliphatic heterocycles. The maximum Gasteiger partial charge on any atom is 0.169 e. The molecular formula is C19H21Cl2N3S. The van der Waals surface area contributed by atoms with Crippen molar-refractivity contribution in [3.8, 4) is 0 Å². The molecule has 2 aromatic carbocycles. The zero-order chi connectivity index (χ0) is 17.6. The molecule has 1 fully saturated rings. The van der Waals surface area contributed by atoms with Crippen LogP contribution in [0.1, 0.15) is 5.56 Å². The molecule has 132 valence electrons. The molecule has 25 heavy (non-hydrogen) atoms. The third-order valence-corrected chi connectivity index (χ3v) is 5.51. The Morgan fingerprint density at radius 3 is 2.36 bits per heavy atom. The van der Waals surface area contributed by atoms with Crippen LogP contribution in [-0.4, -0.2) is 42.7 Å². The highest BCUT2D eigenvalue weighted by atomic mass is 35.5. The average Bonchev–Trinajstić information content (AvgIpc) is 2.65. The van der Waals surface area contributed by atoms with Gasteiger partial charge in [0, 0.05) is 38.4 Å². The van der Waals surface area contributed by atoms with Crippen molar-refractivity contribution in [2.75, 3.05) is 37.6 Å². The summed E-state index contributed by atoms with van der Waals surface area (Å²) in [6, 6.07) is 16.2. The van der Waals surface area contributed by atoms with Crippen LogP contribution < -0.4 is 10.2 Å². The van der Waals surface area contributed by atoms with Crippen molar-refractivity contribution in [3.05, 3.63) is 64.1 Å². The molecule has 6 heteroatoms. The van der Waals surface area contributed by atoms with Gasteiger partial charge in [0.05, 0.1) is 10.0 Å². The van der Waals surface area contributed by atoms with Crippen LogP contribution in [0.2, 0.25) is 10.0 Å². The second kappa shape index (κ2) is 8.75. The summed E-state index contributed by atoms with van der Waals surface area (Å²) in [5.74, 6) is 0. The minimum absolute atomic E-state index is 0.591. The molecule has 0 aliphatic carbocycles. The van der Waals surface area contributed by atoms with Gasteiger partial charge in [0.1, 0.15) is 0 Å². The monoisotopic (exact) mass is 393 g/mol. The highest BCUT2D eigenvalue weighted by molar-refractivity contribution is 7.80. The summed E-state index contributed by atoms with van der Waals surface area (Å²) in [6.07, 6.45) is 0.976. The van der Waals surface area contributed by atoms with E-state index in [2.05, 4.69) is 39.4 Å². The first kappa shape index (κ1) is 18.3. The lowest BCUT2D eigenvalue weighted by molar-refractivity contribution is 0.380. The summed E-state index contributed by atoms with van der Waals surface area (Å²) in [6.45, 7) is 4.49. The van der Waals surface area contributed by atoms with Gasteiger partial charge in [-0.05, 0) is 42.4 Å². The van der Waals surface area contributed by atoms with E-state index in [0.29, 0.717) is 10.0 Å². The van der Waals surface area contributed by atoms with Crippen LogP contribution in [0.5, 0.6) is 0 Å². The van der Waals surface area contributed by atoms with Crippen LogP contribution in [0.4, 0.5) is 5.69 Å². The van der Waals surface area contributed by atoms with Gasteiger partial charge in [-0.15, -0.1) is 0 Å². The molecule has 0 unspecified atom stereocenters. The number of anilines is 1. The molecule has 3 rings (SSSR count). The Balaban J connectivity index is 1.45. The molecule has 0 radical (unpaired) electrons. The predicted octanol–water partition coefficient (Wildman–Crippen LogP) is 4.23. The molecule has 0 atom stereocenters. The number of hydrogen-bond donors (Lipinski definition) is 1. The number of thiocarbonyl (C=S) groups is 1. The van der Waals surface area contributed by atoms with Gasteiger partial charge in [-0.1, -0.05) is 53.5 Å². The van der Waals surface area contributed by atoms with E-state index in [1.54, 1.807) is 0 Å². The SMILES string of the molecule is S=C(NCCc1ccccc1)N1CCN(c2ccc(Cl)c(Cl)c2)CC1. The smallest absolute Gasteiger partial charge is 0.169 e. The average molecular weight is 394 g/mol. The third-order valence-electron chi connectivity index (χ3n) is 4.37. The summed E-state index contributed by atoms with van der Waals surface area (Å²) in [5.41, 5.74) is 2.43. The van der Waals surface area contributed by atoms with E-state index < -0.39 is 0 Å². The van der Waals surface area contributed by atoms with Crippen LogP contribution in [0.25, 0.3) is 0 Å². The van der Waals surface area contributed by atoms with Crippen molar-refractivity contribution in [2.24, 2.45) is 0 Å². The second-order valence-corrected chi connectivity index (χ2v) is 7.24. The topological polar surface area (TPSA) is 18.5 Å². The van der Waals surface area contributed by atoms with Gasteiger partial charge in [0.2, 0.25) is 0 Å². The first-order valence-electron chi connectivity index (χ1n) is 8.40. The molecule has 1 aliphatic rings. The normalized spacial score (nSPS) is 14.5. The molecule has 1 N–H and O–H groups in total. The predicted molar refractivity (Wildman–Crippen MR) is 111 cm³/mol. The molecule has 0 spiro atoms. The molecule has 1 saturated heterocycles. The lowest BCUT2D eigenvalue weighted by atomic mass is 10.1. The minimum atomic E-state index is 0.591. The van der Waals surface area contributed by atoms with Crippen molar-refractivity contribution in [1.29, 1.82) is 0 Å². The summed E-state index contributed by atoms with van der Waals surface area (Å²) >= 11 is 17.7. The highest BCUT2D eigenvalue weighted by Gasteiger charge is 2.19. The van der Waals surface area contributed by atoms with Gasteiger partial charge in [-0.3, -0.25) is 0 Å². The van der Waals surface area contributed by atoms with Crippen LogP contribution in [0, 0.1) is 0 Å². The number of halogens is 2. The van der Waals surface area contributed by atoms with Gasteiger partial charge in [-0.2, -0.15) is 0 Å². The second-order valence-electron chi connectivity index (χ2n) is 6.04. The van der Waals surface area contributed by atoms with Crippen LogP contribution in [0.15, 0.2) is 48.5 Å². The van der Waals surface area contributed by atoms with Gasteiger partial charge < -0.3 is 15.1 Å². The molecule has 0 aromatic heterocycles. The van der Waals surface area contributed by atoms with E-state index in [-0.39, 0.29) is 0 Å². The van der Waals surface area contributed by atoms with Crippen LogP contribution in [0.3, 0.4) is 0 Å². The molecule has 3 nitrogen and oxygen atoms in total. The highest BCUT2D eigenvalue weighted by Crippen LogP contribution is 2.27. The maximum atomic E-state index is 6.12. The molecular weight excluding hydrogens is 373 g/mol. The Morgan fingerprint density at radius 1 is 0.960 bits per heavy atom. The van der Waals surface area contributed by atoms with Crippen molar-refractivity contribution < 1.29 is 0 Å². The number of piperazine rings is 1. The van der Waals surface area contributed by atoms with E-state index in [9.17, 15) is 0 Å². The number of nitrogens with one attached hydrogen (secondary N) is 1. The first-order valence-corrected chi connectivity index (χ1v) is 9.56. The summed E-state index contributed by atoms with van der Waals surface area (Å²) in [4.78, 5) is 4.54. The van der Waals surface area contributed by atoms with Crippen LogP contribution >= 0.6 is 35.4 Å². The molecule has 0 saturated carbocycles. The lowest BCUT2D eigenvalue weighted by Crippen LogP contribution is -2.52. The molecule has 2 aromatic rings. The van der Waals surface area contributed by atoms with E-state index in [1.807, 2.05) is 24.3 Å². The largest absolute Gasteiger partial charge is 0.368 e. The zero-order valence-electron chi connectivity index (χ0n) is 13.9. The fraction of sp³-hybridized carbons (Fsp3) is 0.316. The number of hydrogen-bond acceptors (Lipinski definition) is 2. The Bertz CT molecular complexity index is 716. The fourth-order valence-electron chi connectivity index (χ4n) is 2.92.